The average molecular weight is 241 g/mol. The first kappa shape index (κ1) is 13.4. The molecule has 1 rings (SSSR count). The molecule has 0 aromatic carbocycles. The van der Waals surface area contributed by atoms with Crippen LogP contribution in [0.3, 0.4) is 0 Å². The molecule has 0 spiro atoms. The highest BCUT2D eigenvalue weighted by Gasteiger charge is 2.27. The van der Waals surface area contributed by atoms with E-state index in [1.807, 2.05) is 6.92 Å². The lowest BCUT2D eigenvalue weighted by molar-refractivity contribution is -0.141. The quantitative estimate of drug-likeness (QED) is 0.766. The number of hydrogen-bond acceptors (Lipinski definition) is 4. The highest BCUT2D eigenvalue weighted by atomic mass is 19.1. The van der Waals surface area contributed by atoms with Gasteiger partial charge in [-0.2, -0.15) is 0 Å². The van der Waals surface area contributed by atoms with Crippen LogP contribution in [0.25, 0.3) is 0 Å². The Kier molecular flexibility index (Phi) is 4.39. The smallest absolute Gasteiger partial charge is 0.269 e. The number of aromatic nitrogens is 1. The summed E-state index contributed by atoms with van der Waals surface area (Å²) in [5, 5.41) is 0. The van der Waals surface area contributed by atoms with Crippen molar-refractivity contribution in [3.63, 3.8) is 0 Å². The van der Waals surface area contributed by atoms with Crippen molar-refractivity contribution in [1.29, 1.82) is 0 Å². The second-order valence-corrected chi connectivity index (χ2v) is 3.88. The molecule has 0 atom stereocenters. The van der Waals surface area contributed by atoms with E-state index in [0.29, 0.717) is 12.4 Å². The third-order valence-electron chi connectivity index (χ3n) is 2.08. The Morgan fingerprint density at radius 2 is 2.24 bits per heavy atom. The first-order valence-corrected chi connectivity index (χ1v) is 5.27. The average Bonchev–Trinajstić information content (AvgIpc) is 2.27. The molecule has 0 saturated heterocycles. The van der Waals surface area contributed by atoms with Crippen LogP contribution in [0.5, 0.6) is 0 Å². The number of anilines is 1. The molecule has 0 aliphatic rings. The molecule has 17 heavy (non-hydrogen) atoms. The number of hydrazine groups is 1. The molecule has 1 amide bonds. The Bertz CT molecular complexity index is 379. The number of amides is 1. The lowest BCUT2D eigenvalue weighted by atomic mass is 10.1. The Balaban J connectivity index is 2.50. The maximum absolute atomic E-state index is 12.6. The number of pyridine rings is 1. The van der Waals surface area contributed by atoms with E-state index in [1.165, 1.54) is 12.1 Å². The van der Waals surface area contributed by atoms with Crippen molar-refractivity contribution in [3.8, 4) is 0 Å². The van der Waals surface area contributed by atoms with Crippen molar-refractivity contribution in [2.45, 2.75) is 26.4 Å². The molecule has 0 unspecified atom stereocenters. The van der Waals surface area contributed by atoms with Crippen LogP contribution in [0.2, 0.25) is 0 Å². The van der Waals surface area contributed by atoms with Crippen LogP contribution in [0.1, 0.15) is 20.8 Å². The maximum atomic E-state index is 12.6. The van der Waals surface area contributed by atoms with Crippen LogP contribution in [0.15, 0.2) is 18.3 Å². The highest BCUT2D eigenvalue weighted by molar-refractivity contribution is 5.85. The van der Waals surface area contributed by atoms with Gasteiger partial charge >= 0.3 is 0 Å². The zero-order valence-corrected chi connectivity index (χ0v) is 10.1. The number of hydrogen-bond donors (Lipinski definition) is 2. The Hall–Kier alpha value is -1.69. The summed E-state index contributed by atoms with van der Waals surface area (Å²) in [5.41, 5.74) is 4.09. The fourth-order valence-corrected chi connectivity index (χ4v) is 1.15. The van der Waals surface area contributed by atoms with Gasteiger partial charge in [0.2, 0.25) is 0 Å². The topological polar surface area (TPSA) is 63.2 Å². The van der Waals surface area contributed by atoms with Gasteiger partial charge in [0.05, 0.1) is 6.20 Å². The van der Waals surface area contributed by atoms with Crippen molar-refractivity contribution < 1.29 is 13.9 Å². The number of rotatable bonds is 5. The number of carbonyl (C=O) groups excluding carboxylic acids is 1. The predicted octanol–water partition coefficient (Wildman–Crippen LogP) is 1.48. The molecule has 0 radical (unpaired) electrons. The molecular weight excluding hydrogens is 225 g/mol. The minimum Gasteiger partial charge on any atom is -0.366 e. The lowest BCUT2D eigenvalue weighted by Crippen LogP contribution is -2.46. The molecule has 0 fully saturated rings. The molecule has 1 heterocycles. The van der Waals surface area contributed by atoms with Gasteiger partial charge in [0.25, 0.3) is 5.91 Å². The number of ether oxygens (including phenoxy) is 1. The Labute approximate surface area is 99.4 Å². The van der Waals surface area contributed by atoms with Crippen molar-refractivity contribution in [2.75, 3.05) is 12.0 Å². The third kappa shape index (κ3) is 3.99. The molecule has 0 saturated carbocycles. The summed E-state index contributed by atoms with van der Waals surface area (Å²) in [6.45, 7) is 5.57. The number of nitrogens with zero attached hydrogens (tertiary/aromatic N) is 1. The highest BCUT2D eigenvalue weighted by Crippen LogP contribution is 2.09. The zero-order chi connectivity index (χ0) is 12.9. The van der Waals surface area contributed by atoms with Crippen LogP contribution < -0.4 is 10.9 Å². The molecule has 0 aliphatic heterocycles. The van der Waals surface area contributed by atoms with Gasteiger partial charge in [0.15, 0.2) is 0 Å². The van der Waals surface area contributed by atoms with Gasteiger partial charge in [-0.25, -0.2) is 9.37 Å². The van der Waals surface area contributed by atoms with Crippen LogP contribution in [-0.4, -0.2) is 23.1 Å². The lowest BCUT2D eigenvalue weighted by Gasteiger charge is -2.23. The first-order valence-electron chi connectivity index (χ1n) is 5.27. The molecule has 94 valence electrons. The van der Waals surface area contributed by atoms with Gasteiger partial charge in [-0.3, -0.25) is 15.6 Å². The van der Waals surface area contributed by atoms with E-state index in [0.717, 1.165) is 6.20 Å². The monoisotopic (exact) mass is 241 g/mol. The Morgan fingerprint density at radius 3 is 2.76 bits per heavy atom. The maximum Gasteiger partial charge on any atom is 0.269 e. The number of carbonyl (C=O) groups is 1. The largest absolute Gasteiger partial charge is 0.366 e. The molecule has 2 N–H and O–H groups in total. The van der Waals surface area contributed by atoms with Crippen molar-refractivity contribution in [3.05, 3.63) is 24.1 Å². The molecule has 0 aliphatic carbocycles. The van der Waals surface area contributed by atoms with Crippen LogP contribution >= 0.6 is 0 Å². The van der Waals surface area contributed by atoms with E-state index >= 15 is 0 Å². The second-order valence-electron chi connectivity index (χ2n) is 3.88. The van der Waals surface area contributed by atoms with Gasteiger partial charge in [0, 0.05) is 6.61 Å². The SMILES string of the molecule is CCOC(C)(C)C(=O)NNc1ccc(F)cn1. The third-order valence-corrected chi connectivity index (χ3v) is 2.08. The fourth-order valence-electron chi connectivity index (χ4n) is 1.15. The van der Waals surface area contributed by atoms with Crippen molar-refractivity contribution >= 4 is 11.7 Å². The summed E-state index contributed by atoms with van der Waals surface area (Å²) in [5.74, 6) is -0.408. The first-order chi connectivity index (χ1) is 7.95. The van der Waals surface area contributed by atoms with Crippen molar-refractivity contribution in [2.24, 2.45) is 0 Å². The molecule has 1 aromatic heterocycles. The van der Waals surface area contributed by atoms with E-state index in [1.54, 1.807) is 13.8 Å². The standard InChI is InChI=1S/C11H16FN3O2/c1-4-17-11(2,3)10(16)15-14-9-6-5-8(12)7-13-9/h5-7H,4H2,1-3H3,(H,13,14)(H,15,16). The molecule has 0 bridgehead atoms. The predicted molar refractivity (Wildman–Crippen MR) is 61.7 cm³/mol. The molecule has 5 nitrogen and oxygen atoms in total. The fraction of sp³-hybridized carbons (Fsp3) is 0.455. The summed E-state index contributed by atoms with van der Waals surface area (Å²) in [4.78, 5) is 15.4. The summed E-state index contributed by atoms with van der Waals surface area (Å²) in [6.07, 6.45) is 1.06. The summed E-state index contributed by atoms with van der Waals surface area (Å²) < 4.78 is 17.8. The van der Waals surface area contributed by atoms with E-state index in [9.17, 15) is 9.18 Å². The summed E-state index contributed by atoms with van der Waals surface area (Å²) >= 11 is 0. The van der Waals surface area contributed by atoms with Gasteiger partial charge in [0.1, 0.15) is 17.2 Å². The molecular formula is C11H16FN3O2. The second kappa shape index (κ2) is 5.58. The van der Waals surface area contributed by atoms with Crippen LogP contribution in [0.4, 0.5) is 10.2 Å². The van der Waals surface area contributed by atoms with E-state index in [2.05, 4.69) is 15.8 Å². The van der Waals surface area contributed by atoms with Crippen LogP contribution in [0, 0.1) is 5.82 Å². The van der Waals surface area contributed by atoms with Crippen molar-refractivity contribution in [1.82, 2.24) is 10.4 Å². The molecule has 1 aromatic rings. The van der Waals surface area contributed by atoms with Gasteiger partial charge in [-0.15, -0.1) is 0 Å². The molecule has 6 heteroatoms. The van der Waals surface area contributed by atoms with E-state index < -0.39 is 11.4 Å². The van der Waals surface area contributed by atoms with E-state index in [-0.39, 0.29) is 5.91 Å². The van der Waals surface area contributed by atoms with Gasteiger partial charge < -0.3 is 4.74 Å². The summed E-state index contributed by atoms with van der Waals surface area (Å²) in [6, 6.07) is 2.67. The summed E-state index contributed by atoms with van der Waals surface area (Å²) in [7, 11) is 0. The van der Waals surface area contributed by atoms with E-state index in [4.69, 9.17) is 4.74 Å². The van der Waals surface area contributed by atoms with Gasteiger partial charge in [-0.1, -0.05) is 0 Å². The van der Waals surface area contributed by atoms with Crippen LogP contribution in [-0.2, 0) is 9.53 Å². The number of halogens is 1. The normalized spacial score (nSPS) is 11.1. The Morgan fingerprint density at radius 1 is 1.53 bits per heavy atom. The number of nitrogens with one attached hydrogen (secondary N) is 2. The minimum atomic E-state index is -0.929. The van der Waals surface area contributed by atoms with Gasteiger partial charge in [-0.05, 0) is 32.9 Å². The zero-order valence-electron chi connectivity index (χ0n) is 10.1. The minimum absolute atomic E-state index is 0.328.